The number of methoxy groups -OCH3 is 1. The first-order valence-electron chi connectivity index (χ1n) is 8.64. The number of piperidine rings is 1. The van der Waals surface area contributed by atoms with Gasteiger partial charge in [-0.2, -0.15) is 0 Å². The van der Waals surface area contributed by atoms with Gasteiger partial charge in [-0.3, -0.25) is 9.59 Å². The van der Waals surface area contributed by atoms with Gasteiger partial charge in [-0.1, -0.05) is 29.8 Å². The number of likely N-dealkylation sites (tertiary alicyclic amines) is 1. The second-order valence-corrected chi connectivity index (χ2v) is 7.13. The molecule has 0 bridgehead atoms. The Bertz CT molecular complexity index is 604. The molecular weight excluding hydrogens is 304 g/mol. The first-order valence-corrected chi connectivity index (χ1v) is 8.64. The largest absolute Gasteiger partial charge is 0.384 e. The Morgan fingerprint density at radius 3 is 2.58 bits per heavy atom. The zero-order valence-corrected chi connectivity index (χ0v) is 14.5. The van der Waals surface area contributed by atoms with Crippen LogP contribution in [0, 0.1) is 18.3 Å². The van der Waals surface area contributed by atoms with Gasteiger partial charge in [0.2, 0.25) is 11.8 Å². The molecule has 0 unspecified atom stereocenters. The normalized spacial score (nSPS) is 22.7. The second-order valence-electron chi connectivity index (χ2n) is 7.13. The van der Waals surface area contributed by atoms with Gasteiger partial charge >= 0.3 is 0 Å². The summed E-state index contributed by atoms with van der Waals surface area (Å²) in [5.74, 6) is 0.183. The number of hydrogen-bond acceptors (Lipinski definition) is 3. The maximum atomic E-state index is 12.5. The number of amides is 2. The zero-order chi connectivity index (χ0) is 17.2. The van der Waals surface area contributed by atoms with Crippen LogP contribution in [0.3, 0.4) is 0 Å². The number of carbonyl (C=O) groups excluding carboxylic acids is 2. The van der Waals surface area contributed by atoms with Gasteiger partial charge in [0.05, 0.1) is 18.9 Å². The second kappa shape index (κ2) is 6.93. The van der Waals surface area contributed by atoms with Gasteiger partial charge in [-0.15, -0.1) is 0 Å². The van der Waals surface area contributed by atoms with Gasteiger partial charge in [0.25, 0.3) is 0 Å². The molecule has 0 radical (unpaired) electrons. The molecule has 2 heterocycles. The van der Waals surface area contributed by atoms with Crippen LogP contribution in [-0.4, -0.2) is 50.1 Å². The highest BCUT2D eigenvalue weighted by Gasteiger charge is 2.49. The maximum absolute atomic E-state index is 12.5. The van der Waals surface area contributed by atoms with E-state index in [1.165, 1.54) is 5.56 Å². The molecule has 0 aliphatic carbocycles. The Labute approximate surface area is 143 Å². The summed E-state index contributed by atoms with van der Waals surface area (Å²) in [6.45, 7) is 4.66. The van der Waals surface area contributed by atoms with Crippen molar-refractivity contribution < 1.29 is 14.3 Å². The van der Waals surface area contributed by atoms with Crippen LogP contribution >= 0.6 is 0 Å². The monoisotopic (exact) mass is 330 g/mol. The van der Waals surface area contributed by atoms with Crippen LogP contribution in [0.5, 0.6) is 0 Å². The number of carbonyl (C=O) groups is 2. The van der Waals surface area contributed by atoms with E-state index in [0.717, 1.165) is 31.5 Å². The average molecular weight is 330 g/mol. The van der Waals surface area contributed by atoms with Gasteiger partial charge in [-0.25, -0.2) is 0 Å². The minimum Gasteiger partial charge on any atom is -0.384 e. The van der Waals surface area contributed by atoms with E-state index in [-0.39, 0.29) is 23.1 Å². The predicted molar refractivity (Wildman–Crippen MR) is 91.5 cm³/mol. The summed E-state index contributed by atoms with van der Waals surface area (Å²) < 4.78 is 5.25. The standard InChI is InChI=1S/C19H26N2O3/c1-14-3-5-15(6-4-14)11-17(22)21-9-7-19(8-10-21)13-20-18(23)16(19)12-24-2/h3-6,16H,7-13H2,1-2H3,(H,20,23)/t16-/m1/s1. The molecule has 3 rings (SSSR count). The van der Waals surface area contributed by atoms with E-state index in [1.807, 2.05) is 36.1 Å². The van der Waals surface area contributed by atoms with Crippen LogP contribution in [0.4, 0.5) is 0 Å². The smallest absolute Gasteiger partial charge is 0.226 e. The summed E-state index contributed by atoms with van der Waals surface area (Å²) in [6, 6.07) is 8.12. The Kier molecular flexibility index (Phi) is 4.90. The number of hydrogen-bond donors (Lipinski definition) is 1. The minimum atomic E-state index is -0.0862. The van der Waals surface area contributed by atoms with E-state index < -0.39 is 0 Å². The lowest BCUT2D eigenvalue weighted by atomic mass is 9.71. The van der Waals surface area contributed by atoms with Gasteiger partial charge in [0, 0.05) is 32.2 Å². The molecule has 5 nitrogen and oxygen atoms in total. The molecule has 130 valence electrons. The number of rotatable bonds is 4. The molecule has 1 aromatic carbocycles. The summed E-state index contributed by atoms with van der Waals surface area (Å²) in [6.07, 6.45) is 2.17. The molecule has 1 atom stereocenters. The molecule has 1 N–H and O–H groups in total. The highest BCUT2D eigenvalue weighted by atomic mass is 16.5. The molecule has 2 amide bonds. The zero-order valence-electron chi connectivity index (χ0n) is 14.5. The summed E-state index contributed by atoms with van der Waals surface area (Å²) in [4.78, 5) is 26.5. The van der Waals surface area contributed by atoms with Crippen molar-refractivity contribution in [2.24, 2.45) is 11.3 Å². The van der Waals surface area contributed by atoms with Crippen molar-refractivity contribution >= 4 is 11.8 Å². The quantitative estimate of drug-likeness (QED) is 0.911. The van der Waals surface area contributed by atoms with Crippen molar-refractivity contribution in [2.75, 3.05) is 33.4 Å². The van der Waals surface area contributed by atoms with Crippen molar-refractivity contribution in [1.82, 2.24) is 10.2 Å². The highest BCUT2D eigenvalue weighted by Crippen LogP contribution is 2.42. The molecular formula is C19H26N2O3. The van der Waals surface area contributed by atoms with Gasteiger partial charge < -0.3 is 15.0 Å². The number of nitrogens with one attached hydrogen (secondary N) is 1. The lowest BCUT2D eigenvalue weighted by molar-refractivity contribution is -0.134. The van der Waals surface area contributed by atoms with Crippen molar-refractivity contribution in [3.8, 4) is 0 Å². The first-order chi connectivity index (χ1) is 11.5. The lowest BCUT2D eigenvalue weighted by Gasteiger charge is -2.41. The number of ether oxygens (including phenoxy) is 1. The molecule has 2 aliphatic rings. The van der Waals surface area contributed by atoms with Gasteiger partial charge in [0.1, 0.15) is 0 Å². The van der Waals surface area contributed by atoms with Crippen molar-refractivity contribution in [3.05, 3.63) is 35.4 Å². The first kappa shape index (κ1) is 17.0. The Balaban J connectivity index is 1.59. The summed E-state index contributed by atoms with van der Waals surface area (Å²) in [5, 5.41) is 2.98. The molecule has 2 saturated heterocycles. The van der Waals surface area contributed by atoms with Crippen LogP contribution in [0.15, 0.2) is 24.3 Å². The third kappa shape index (κ3) is 3.31. The van der Waals surface area contributed by atoms with Crippen LogP contribution in [0.25, 0.3) is 0 Å². The topological polar surface area (TPSA) is 58.6 Å². The summed E-state index contributed by atoms with van der Waals surface area (Å²) in [5.41, 5.74) is 2.21. The minimum absolute atomic E-state index is 0.0479. The van der Waals surface area contributed by atoms with E-state index in [9.17, 15) is 9.59 Å². The van der Waals surface area contributed by atoms with E-state index in [2.05, 4.69) is 5.32 Å². The lowest BCUT2D eigenvalue weighted by Crippen LogP contribution is -2.47. The molecule has 24 heavy (non-hydrogen) atoms. The Morgan fingerprint density at radius 1 is 1.29 bits per heavy atom. The van der Waals surface area contributed by atoms with Crippen molar-refractivity contribution in [2.45, 2.75) is 26.2 Å². The van der Waals surface area contributed by atoms with E-state index in [4.69, 9.17) is 4.74 Å². The average Bonchev–Trinajstić information content (AvgIpc) is 2.88. The third-order valence-electron chi connectivity index (χ3n) is 5.59. The summed E-state index contributed by atoms with van der Waals surface area (Å²) in [7, 11) is 1.64. The fourth-order valence-electron chi connectivity index (χ4n) is 3.93. The van der Waals surface area contributed by atoms with Crippen LogP contribution < -0.4 is 5.32 Å². The van der Waals surface area contributed by atoms with Crippen molar-refractivity contribution in [3.63, 3.8) is 0 Å². The number of aryl methyl sites for hydroxylation is 1. The molecule has 0 aromatic heterocycles. The SMILES string of the molecule is COC[C@@H]1C(=O)NCC12CCN(C(=O)Cc1ccc(C)cc1)CC2. The fraction of sp³-hybridized carbons (Fsp3) is 0.579. The van der Waals surface area contributed by atoms with Crippen molar-refractivity contribution in [1.29, 1.82) is 0 Å². The van der Waals surface area contributed by atoms with E-state index in [0.29, 0.717) is 19.6 Å². The number of nitrogens with zero attached hydrogens (tertiary/aromatic N) is 1. The van der Waals surface area contributed by atoms with Crippen LogP contribution in [0.2, 0.25) is 0 Å². The van der Waals surface area contributed by atoms with E-state index >= 15 is 0 Å². The summed E-state index contributed by atoms with van der Waals surface area (Å²) >= 11 is 0. The van der Waals surface area contributed by atoms with Crippen LogP contribution in [-0.2, 0) is 20.7 Å². The molecule has 1 spiro atoms. The third-order valence-corrected chi connectivity index (χ3v) is 5.59. The Morgan fingerprint density at radius 2 is 1.96 bits per heavy atom. The highest BCUT2D eigenvalue weighted by molar-refractivity contribution is 5.82. The predicted octanol–water partition coefficient (Wildman–Crippen LogP) is 1.54. The molecule has 2 fully saturated rings. The molecule has 0 saturated carbocycles. The van der Waals surface area contributed by atoms with Gasteiger partial charge in [0.15, 0.2) is 0 Å². The molecule has 1 aromatic rings. The van der Waals surface area contributed by atoms with E-state index in [1.54, 1.807) is 7.11 Å². The van der Waals surface area contributed by atoms with Crippen LogP contribution in [0.1, 0.15) is 24.0 Å². The Hall–Kier alpha value is -1.88. The number of benzene rings is 1. The fourth-order valence-corrected chi connectivity index (χ4v) is 3.93. The molecule has 2 aliphatic heterocycles. The maximum Gasteiger partial charge on any atom is 0.226 e. The van der Waals surface area contributed by atoms with Gasteiger partial charge in [-0.05, 0) is 25.3 Å². The molecule has 5 heteroatoms.